The fourth-order valence-electron chi connectivity index (χ4n) is 3.69. The minimum Gasteiger partial charge on any atom is -0.340 e. The van der Waals surface area contributed by atoms with Gasteiger partial charge >= 0.3 is 0 Å². The van der Waals surface area contributed by atoms with E-state index >= 15 is 0 Å². The Morgan fingerprint density at radius 2 is 1.89 bits per heavy atom. The second-order valence-electron chi connectivity index (χ2n) is 6.92. The predicted octanol–water partition coefficient (Wildman–Crippen LogP) is 5.03. The van der Waals surface area contributed by atoms with Crippen LogP contribution in [0.5, 0.6) is 0 Å². The van der Waals surface area contributed by atoms with E-state index in [0.717, 1.165) is 48.5 Å². The third-order valence-corrected chi connectivity index (χ3v) is 5.49. The molecule has 1 aromatic heterocycles. The number of carbonyl (C=O) groups is 1. The number of piperidine rings is 1. The lowest BCUT2D eigenvalue weighted by molar-refractivity contribution is -0.134. The van der Waals surface area contributed by atoms with Gasteiger partial charge in [-0.2, -0.15) is 0 Å². The molecule has 1 aliphatic rings. The number of nitrogens with one attached hydrogen (secondary N) is 1. The lowest BCUT2D eigenvalue weighted by Crippen LogP contribution is -2.39. The normalized spacial score (nSPS) is 17.1. The van der Waals surface area contributed by atoms with Crippen LogP contribution in [0.1, 0.15) is 36.7 Å². The van der Waals surface area contributed by atoms with Crippen LogP contribution in [0.2, 0.25) is 5.02 Å². The highest BCUT2D eigenvalue weighted by Crippen LogP contribution is 2.31. The van der Waals surface area contributed by atoms with Crippen molar-refractivity contribution in [3.05, 3.63) is 77.2 Å². The summed E-state index contributed by atoms with van der Waals surface area (Å²) in [5, 5.41) is 0.642. The van der Waals surface area contributed by atoms with E-state index in [0.29, 0.717) is 11.4 Å². The van der Waals surface area contributed by atoms with E-state index in [-0.39, 0.29) is 11.9 Å². The summed E-state index contributed by atoms with van der Waals surface area (Å²) in [5.41, 5.74) is 2.95. The minimum atomic E-state index is -0.00815. The number of rotatable bonds is 4. The van der Waals surface area contributed by atoms with Crippen molar-refractivity contribution in [2.45, 2.75) is 31.7 Å². The Morgan fingerprint density at radius 1 is 1.11 bits per heavy atom. The molecule has 27 heavy (non-hydrogen) atoms. The van der Waals surface area contributed by atoms with Crippen LogP contribution in [0.3, 0.4) is 0 Å². The number of halogens is 1. The summed E-state index contributed by atoms with van der Waals surface area (Å²) >= 11 is 6.24. The molecule has 2 heterocycles. The van der Waals surface area contributed by atoms with E-state index in [1.165, 1.54) is 0 Å². The minimum absolute atomic E-state index is 0.00815. The van der Waals surface area contributed by atoms with Gasteiger partial charge in [-0.05, 0) is 36.5 Å². The van der Waals surface area contributed by atoms with Crippen LogP contribution < -0.4 is 0 Å². The van der Waals surface area contributed by atoms with Crippen molar-refractivity contribution in [2.24, 2.45) is 0 Å². The fourth-order valence-corrected chi connectivity index (χ4v) is 3.89. The third kappa shape index (κ3) is 3.91. The molecule has 0 bridgehead atoms. The van der Waals surface area contributed by atoms with Crippen LogP contribution in [0.25, 0.3) is 11.3 Å². The van der Waals surface area contributed by atoms with Crippen LogP contribution in [-0.2, 0) is 11.2 Å². The number of carbonyl (C=O) groups excluding carboxylic acids is 1. The molecule has 1 aliphatic heterocycles. The maximum atomic E-state index is 13.0. The molecule has 5 heteroatoms. The zero-order valence-corrected chi connectivity index (χ0v) is 15.8. The monoisotopic (exact) mass is 379 g/mol. The highest BCUT2D eigenvalue weighted by molar-refractivity contribution is 6.31. The maximum Gasteiger partial charge on any atom is 0.227 e. The molecule has 0 spiro atoms. The first-order valence-electron chi connectivity index (χ1n) is 9.35. The van der Waals surface area contributed by atoms with E-state index in [1.807, 2.05) is 53.6 Å². The second kappa shape index (κ2) is 7.97. The van der Waals surface area contributed by atoms with E-state index in [1.54, 1.807) is 0 Å². The number of benzene rings is 2. The molecule has 4 nitrogen and oxygen atoms in total. The van der Waals surface area contributed by atoms with Gasteiger partial charge in [0.25, 0.3) is 0 Å². The quantitative estimate of drug-likeness (QED) is 0.691. The SMILES string of the molecule is O=C(Cc1ccccc1Cl)N1CCCCC1c1ncc(-c2ccccc2)[nH]1. The van der Waals surface area contributed by atoms with Crippen LogP contribution in [-0.4, -0.2) is 27.3 Å². The maximum absolute atomic E-state index is 13.0. The molecule has 3 aromatic rings. The predicted molar refractivity (Wildman–Crippen MR) is 107 cm³/mol. The van der Waals surface area contributed by atoms with Gasteiger partial charge < -0.3 is 9.88 Å². The lowest BCUT2D eigenvalue weighted by atomic mass is 10.00. The summed E-state index contributed by atoms with van der Waals surface area (Å²) in [4.78, 5) is 23.0. The summed E-state index contributed by atoms with van der Waals surface area (Å²) in [6.07, 6.45) is 5.23. The first kappa shape index (κ1) is 17.8. The Kier molecular flexibility index (Phi) is 5.26. The van der Waals surface area contributed by atoms with Gasteiger partial charge in [-0.1, -0.05) is 60.1 Å². The number of nitrogens with zero attached hydrogens (tertiary/aromatic N) is 2. The van der Waals surface area contributed by atoms with Gasteiger partial charge in [0, 0.05) is 11.6 Å². The van der Waals surface area contributed by atoms with Crippen molar-refractivity contribution in [1.82, 2.24) is 14.9 Å². The molecule has 1 N–H and O–H groups in total. The smallest absolute Gasteiger partial charge is 0.227 e. The number of aromatic amines is 1. The molecule has 138 valence electrons. The summed E-state index contributed by atoms with van der Waals surface area (Å²) in [6.45, 7) is 0.759. The summed E-state index contributed by atoms with van der Waals surface area (Å²) in [5.74, 6) is 0.964. The van der Waals surface area contributed by atoms with Gasteiger partial charge in [-0.3, -0.25) is 4.79 Å². The van der Waals surface area contributed by atoms with Crippen molar-refractivity contribution in [1.29, 1.82) is 0 Å². The largest absolute Gasteiger partial charge is 0.340 e. The third-order valence-electron chi connectivity index (χ3n) is 5.12. The van der Waals surface area contributed by atoms with Gasteiger partial charge in [0.05, 0.1) is 24.4 Å². The molecular weight excluding hydrogens is 358 g/mol. The van der Waals surface area contributed by atoms with E-state index in [4.69, 9.17) is 11.6 Å². The molecule has 4 rings (SSSR count). The molecular formula is C22H22ClN3O. The van der Waals surface area contributed by atoms with Gasteiger partial charge in [0.2, 0.25) is 5.91 Å². The van der Waals surface area contributed by atoms with Crippen molar-refractivity contribution in [3.8, 4) is 11.3 Å². The highest BCUT2D eigenvalue weighted by atomic mass is 35.5. The van der Waals surface area contributed by atoms with Crippen LogP contribution in [0.15, 0.2) is 60.8 Å². The Hall–Kier alpha value is -2.59. The number of H-pyrrole nitrogens is 1. The molecule has 1 amide bonds. The Morgan fingerprint density at radius 3 is 2.70 bits per heavy atom. The Balaban J connectivity index is 1.55. The first-order chi connectivity index (χ1) is 13.2. The lowest BCUT2D eigenvalue weighted by Gasteiger charge is -2.34. The molecule has 2 aromatic carbocycles. The molecule has 1 fully saturated rings. The summed E-state index contributed by atoms with van der Waals surface area (Å²) in [7, 11) is 0. The summed E-state index contributed by atoms with van der Waals surface area (Å²) < 4.78 is 0. The Bertz CT molecular complexity index is 922. The van der Waals surface area contributed by atoms with Gasteiger partial charge in [0.1, 0.15) is 5.82 Å². The summed E-state index contributed by atoms with van der Waals surface area (Å²) in [6, 6.07) is 17.7. The molecule has 0 saturated carbocycles. The average Bonchev–Trinajstić information content (AvgIpc) is 3.20. The van der Waals surface area contributed by atoms with Crippen molar-refractivity contribution in [2.75, 3.05) is 6.54 Å². The van der Waals surface area contributed by atoms with Gasteiger partial charge in [-0.25, -0.2) is 4.98 Å². The molecule has 1 saturated heterocycles. The van der Waals surface area contributed by atoms with Crippen molar-refractivity contribution < 1.29 is 4.79 Å². The topological polar surface area (TPSA) is 49.0 Å². The highest BCUT2D eigenvalue weighted by Gasteiger charge is 2.30. The zero-order valence-electron chi connectivity index (χ0n) is 15.1. The average molecular weight is 380 g/mol. The van der Waals surface area contributed by atoms with Gasteiger partial charge in [0.15, 0.2) is 0 Å². The second-order valence-corrected chi connectivity index (χ2v) is 7.32. The molecule has 1 atom stereocenters. The van der Waals surface area contributed by atoms with Crippen LogP contribution >= 0.6 is 11.6 Å². The number of imidazole rings is 1. The number of aromatic nitrogens is 2. The zero-order chi connectivity index (χ0) is 18.6. The standard InChI is InChI=1S/C22H22ClN3O/c23-18-11-5-4-10-17(18)14-21(27)26-13-7-6-12-20(26)22-24-15-19(25-22)16-8-2-1-3-9-16/h1-5,8-11,15,20H,6-7,12-14H2,(H,24,25). The van der Waals surface area contributed by atoms with Crippen molar-refractivity contribution in [3.63, 3.8) is 0 Å². The van der Waals surface area contributed by atoms with Gasteiger partial charge in [-0.15, -0.1) is 0 Å². The van der Waals surface area contributed by atoms with Crippen molar-refractivity contribution >= 4 is 17.5 Å². The van der Waals surface area contributed by atoms with E-state index < -0.39 is 0 Å². The van der Waals surface area contributed by atoms with Crippen LogP contribution in [0, 0.1) is 0 Å². The van der Waals surface area contributed by atoms with E-state index in [9.17, 15) is 4.79 Å². The number of amides is 1. The first-order valence-corrected chi connectivity index (χ1v) is 9.73. The van der Waals surface area contributed by atoms with Crippen LogP contribution in [0.4, 0.5) is 0 Å². The number of hydrogen-bond donors (Lipinski definition) is 1. The fraction of sp³-hybridized carbons (Fsp3) is 0.273. The molecule has 1 unspecified atom stereocenters. The van der Waals surface area contributed by atoms with E-state index in [2.05, 4.69) is 22.1 Å². The Labute approximate surface area is 164 Å². The molecule has 0 aliphatic carbocycles. The molecule has 0 radical (unpaired) electrons. The number of hydrogen-bond acceptors (Lipinski definition) is 2. The number of likely N-dealkylation sites (tertiary alicyclic amines) is 1.